The van der Waals surface area contributed by atoms with Gasteiger partial charge in [-0.2, -0.15) is 4.68 Å². The van der Waals surface area contributed by atoms with Crippen LogP contribution in [0.1, 0.15) is 33.4 Å². The molecule has 0 saturated carbocycles. The van der Waals surface area contributed by atoms with E-state index in [1.54, 1.807) is 11.0 Å². The van der Waals surface area contributed by atoms with Gasteiger partial charge in [-0.3, -0.25) is 0 Å². The summed E-state index contributed by atoms with van der Waals surface area (Å²) < 4.78 is 1.80. The van der Waals surface area contributed by atoms with Gasteiger partial charge >= 0.3 is 0 Å². The average molecular weight is 356 g/mol. The van der Waals surface area contributed by atoms with Crippen molar-refractivity contribution in [3.05, 3.63) is 70.0 Å². The van der Waals surface area contributed by atoms with Crippen molar-refractivity contribution in [1.82, 2.24) is 20.2 Å². The Labute approximate surface area is 159 Å². The van der Waals surface area contributed by atoms with Crippen LogP contribution in [-0.2, 0) is 0 Å². The molecule has 4 heteroatoms. The first-order valence-corrected chi connectivity index (χ1v) is 9.24. The lowest BCUT2D eigenvalue weighted by atomic mass is 9.85. The molecule has 0 saturated heterocycles. The van der Waals surface area contributed by atoms with E-state index >= 15 is 0 Å². The number of nitrogens with zero attached hydrogens (tertiary/aromatic N) is 4. The van der Waals surface area contributed by atoms with Crippen LogP contribution < -0.4 is 0 Å². The van der Waals surface area contributed by atoms with Crippen LogP contribution in [0, 0.1) is 41.5 Å². The van der Waals surface area contributed by atoms with Crippen molar-refractivity contribution in [3.8, 4) is 16.8 Å². The molecule has 1 heterocycles. The van der Waals surface area contributed by atoms with Crippen molar-refractivity contribution in [2.75, 3.05) is 0 Å². The Morgan fingerprint density at radius 2 is 1.41 bits per heavy atom. The molecule has 3 aromatic carbocycles. The third kappa shape index (κ3) is 2.55. The van der Waals surface area contributed by atoms with Crippen LogP contribution in [0.4, 0.5) is 0 Å². The minimum Gasteiger partial charge on any atom is -0.200 e. The van der Waals surface area contributed by atoms with Crippen molar-refractivity contribution in [2.24, 2.45) is 0 Å². The van der Waals surface area contributed by atoms with E-state index in [9.17, 15) is 0 Å². The van der Waals surface area contributed by atoms with Crippen LogP contribution in [0.3, 0.4) is 0 Å². The van der Waals surface area contributed by atoms with Crippen molar-refractivity contribution in [3.63, 3.8) is 0 Å². The fraction of sp³-hybridized carbons (Fsp3) is 0.261. The van der Waals surface area contributed by atoms with Gasteiger partial charge in [-0.25, -0.2) is 0 Å². The van der Waals surface area contributed by atoms with Crippen LogP contribution in [0.5, 0.6) is 0 Å². The maximum absolute atomic E-state index is 4.22. The summed E-state index contributed by atoms with van der Waals surface area (Å²) in [5.41, 5.74) is 11.2. The summed E-state index contributed by atoms with van der Waals surface area (Å²) in [6, 6.07) is 11.0. The Hall–Kier alpha value is -3.01. The molecule has 0 N–H and O–H groups in total. The second-order valence-electron chi connectivity index (χ2n) is 7.39. The van der Waals surface area contributed by atoms with E-state index < -0.39 is 0 Å². The van der Waals surface area contributed by atoms with E-state index in [0.29, 0.717) is 0 Å². The molecule has 0 fully saturated rings. The predicted molar refractivity (Wildman–Crippen MR) is 111 cm³/mol. The van der Waals surface area contributed by atoms with Gasteiger partial charge < -0.3 is 0 Å². The number of hydrogen-bond donors (Lipinski definition) is 0. The second kappa shape index (κ2) is 6.31. The monoisotopic (exact) mass is 356 g/mol. The normalized spacial score (nSPS) is 11.3. The smallest absolute Gasteiger partial charge is 0.143 e. The molecule has 0 atom stereocenters. The summed E-state index contributed by atoms with van der Waals surface area (Å²) in [4.78, 5) is 0. The van der Waals surface area contributed by atoms with Crippen molar-refractivity contribution < 1.29 is 0 Å². The molecular weight excluding hydrogens is 332 g/mol. The molecule has 0 radical (unpaired) electrons. The van der Waals surface area contributed by atoms with Crippen LogP contribution in [0.15, 0.2) is 36.7 Å². The summed E-state index contributed by atoms with van der Waals surface area (Å²) in [7, 11) is 0. The lowest BCUT2D eigenvalue weighted by molar-refractivity contribution is 0.784. The maximum Gasteiger partial charge on any atom is 0.143 e. The SMILES string of the molecule is Cc1cc(-c2c(C)c(C)c(C)c(C)c2-n2cnnn2)c2ccccc2c1C. The number of aromatic nitrogens is 4. The van der Waals surface area contributed by atoms with E-state index in [4.69, 9.17) is 0 Å². The molecule has 0 aliphatic heterocycles. The van der Waals surface area contributed by atoms with Gasteiger partial charge in [0.15, 0.2) is 0 Å². The number of tetrazole rings is 1. The van der Waals surface area contributed by atoms with E-state index in [1.165, 1.54) is 55.3 Å². The van der Waals surface area contributed by atoms with Gasteiger partial charge in [0.25, 0.3) is 0 Å². The molecule has 4 rings (SSSR count). The minimum absolute atomic E-state index is 1.06. The fourth-order valence-electron chi connectivity index (χ4n) is 4.04. The Morgan fingerprint density at radius 3 is 2.07 bits per heavy atom. The van der Waals surface area contributed by atoms with E-state index in [0.717, 1.165) is 5.69 Å². The van der Waals surface area contributed by atoms with Gasteiger partial charge in [0.05, 0.1) is 5.69 Å². The van der Waals surface area contributed by atoms with Gasteiger partial charge in [0.1, 0.15) is 6.33 Å². The molecule has 0 amide bonds. The third-order valence-electron chi connectivity index (χ3n) is 6.08. The zero-order chi connectivity index (χ0) is 19.3. The molecule has 4 aromatic rings. The molecule has 0 aliphatic rings. The Kier molecular flexibility index (Phi) is 4.06. The summed E-state index contributed by atoms with van der Waals surface area (Å²) in [6.07, 6.45) is 1.68. The summed E-state index contributed by atoms with van der Waals surface area (Å²) in [6.45, 7) is 13.1. The lowest BCUT2D eigenvalue weighted by Gasteiger charge is -2.22. The number of fused-ring (bicyclic) bond motifs is 1. The molecule has 0 aliphatic carbocycles. The summed E-state index contributed by atoms with van der Waals surface area (Å²) in [5.74, 6) is 0. The van der Waals surface area contributed by atoms with Gasteiger partial charge in [0.2, 0.25) is 0 Å². The van der Waals surface area contributed by atoms with Gasteiger partial charge in [-0.05, 0) is 102 Å². The first kappa shape index (κ1) is 17.4. The van der Waals surface area contributed by atoms with Gasteiger partial charge in [0, 0.05) is 5.56 Å². The molecule has 27 heavy (non-hydrogen) atoms. The van der Waals surface area contributed by atoms with E-state index in [-0.39, 0.29) is 0 Å². The van der Waals surface area contributed by atoms with Gasteiger partial charge in [-0.1, -0.05) is 30.3 Å². The molecule has 0 unspecified atom stereocenters. The minimum atomic E-state index is 1.06. The largest absolute Gasteiger partial charge is 0.200 e. The van der Waals surface area contributed by atoms with Crippen molar-refractivity contribution in [1.29, 1.82) is 0 Å². The van der Waals surface area contributed by atoms with Crippen LogP contribution in [-0.4, -0.2) is 20.2 Å². The van der Waals surface area contributed by atoms with Crippen LogP contribution in [0.2, 0.25) is 0 Å². The Morgan fingerprint density at radius 1 is 0.741 bits per heavy atom. The Balaban J connectivity index is 2.22. The molecule has 4 nitrogen and oxygen atoms in total. The average Bonchev–Trinajstić information content (AvgIpc) is 3.20. The lowest BCUT2D eigenvalue weighted by Crippen LogP contribution is -2.07. The molecule has 0 spiro atoms. The van der Waals surface area contributed by atoms with E-state index in [2.05, 4.69) is 87.4 Å². The van der Waals surface area contributed by atoms with Crippen molar-refractivity contribution >= 4 is 10.8 Å². The van der Waals surface area contributed by atoms with Crippen LogP contribution >= 0.6 is 0 Å². The quantitative estimate of drug-likeness (QED) is 0.487. The second-order valence-corrected chi connectivity index (χ2v) is 7.39. The number of rotatable bonds is 2. The van der Waals surface area contributed by atoms with E-state index in [1.807, 2.05) is 0 Å². The zero-order valence-electron chi connectivity index (χ0n) is 16.8. The highest BCUT2D eigenvalue weighted by Crippen LogP contribution is 2.41. The van der Waals surface area contributed by atoms with Crippen molar-refractivity contribution in [2.45, 2.75) is 41.5 Å². The Bertz CT molecular complexity index is 1170. The predicted octanol–water partition coefficient (Wildman–Crippen LogP) is 5.33. The molecule has 0 bridgehead atoms. The highest BCUT2D eigenvalue weighted by Gasteiger charge is 2.21. The van der Waals surface area contributed by atoms with Gasteiger partial charge in [-0.15, -0.1) is 5.10 Å². The number of benzene rings is 3. The number of hydrogen-bond acceptors (Lipinski definition) is 3. The summed E-state index contributed by atoms with van der Waals surface area (Å²) >= 11 is 0. The first-order chi connectivity index (χ1) is 12.9. The highest BCUT2D eigenvalue weighted by atomic mass is 15.5. The molecular formula is C23H24N4. The first-order valence-electron chi connectivity index (χ1n) is 9.24. The summed E-state index contributed by atoms with van der Waals surface area (Å²) in [5, 5.41) is 14.5. The highest BCUT2D eigenvalue weighted by molar-refractivity contribution is 6.02. The maximum atomic E-state index is 4.22. The fourth-order valence-corrected chi connectivity index (χ4v) is 4.04. The van der Waals surface area contributed by atoms with Crippen LogP contribution in [0.25, 0.3) is 27.6 Å². The standard InChI is InChI=1S/C23H24N4/c1-13-11-21(20-10-8-7-9-19(20)14(13)2)22-17(5)15(3)16(4)18(6)23(22)27-12-24-25-26-27/h7-12H,1-6H3. The number of aryl methyl sites for hydroxylation is 2. The molecule has 1 aromatic heterocycles. The topological polar surface area (TPSA) is 43.6 Å². The zero-order valence-corrected chi connectivity index (χ0v) is 16.8. The third-order valence-corrected chi connectivity index (χ3v) is 6.08. The molecule has 136 valence electrons.